The molecule has 4 nitrogen and oxygen atoms in total. The van der Waals surface area contributed by atoms with Crippen molar-refractivity contribution in [2.24, 2.45) is 0 Å². The number of aromatic hydroxyl groups is 1. The first-order chi connectivity index (χ1) is 10.0. The van der Waals surface area contributed by atoms with Gasteiger partial charge in [0.2, 0.25) is 0 Å². The van der Waals surface area contributed by atoms with E-state index < -0.39 is 0 Å². The molecular weight excluding hydrogens is 332 g/mol. The van der Waals surface area contributed by atoms with Crippen LogP contribution in [0.4, 0.5) is 0 Å². The Labute approximate surface area is 133 Å². The molecule has 2 fully saturated rings. The summed E-state index contributed by atoms with van der Waals surface area (Å²) in [6.45, 7) is 0. The number of hydrogen-bond acceptors (Lipinski definition) is 3. The third-order valence-electron chi connectivity index (χ3n) is 4.88. The van der Waals surface area contributed by atoms with Gasteiger partial charge in [-0.3, -0.25) is 4.79 Å². The fourth-order valence-electron chi connectivity index (χ4n) is 3.69. The third-order valence-corrected chi connectivity index (χ3v) is 5.37. The third kappa shape index (κ3) is 3.09. The molecule has 0 radical (unpaired) electrons. The summed E-state index contributed by atoms with van der Waals surface area (Å²) in [7, 11) is 2.20. The second-order valence-corrected chi connectivity index (χ2v) is 7.12. The number of hydrogen-bond donors (Lipinski definition) is 2. The van der Waals surface area contributed by atoms with E-state index in [-0.39, 0.29) is 17.7 Å². The molecule has 2 aliphatic heterocycles. The van der Waals surface area contributed by atoms with Gasteiger partial charge in [0, 0.05) is 22.6 Å². The zero-order valence-corrected chi connectivity index (χ0v) is 13.8. The van der Waals surface area contributed by atoms with Crippen LogP contribution in [0.5, 0.6) is 5.75 Å². The van der Waals surface area contributed by atoms with E-state index >= 15 is 0 Å². The van der Waals surface area contributed by atoms with Crippen LogP contribution < -0.4 is 5.32 Å². The Morgan fingerprint density at radius 1 is 1.33 bits per heavy atom. The van der Waals surface area contributed by atoms with Crippen molar-refractivity contribution in [2.75, 3.05) is 7.05 Å². The van der Waals surface area contributed by atoms with Crippen LogP contribution in [0, 0.1) is 0 Å². The topological polar surface area (TPSA) is 52.6 Å². The lowest BCUT2D eigenvalue weighted by Crippen LogP contribution is -2.55. The molecule has 2 heterocycles. The molecule has 21 heavy (non-hydrogen) atoms. The summed E-state index contributed by atoms with van der Waals surface area (Å²) >= 11 is 3.29. The van der Waals surface area contributed by atoms with E-state index in [4.69, 9.17) is 0 Å². The molecule has 2 unspecified atom stereocenters. The highest BCUT2D eigenvalue weighted by Gasteiger charge is 2.36. The minimum atomic E-state index is -0.173. The first-order valence-corrected chi connectivity index (χ1v) is 8.35. The van der Waals surface area contributed by atoms with Crippen LogP contribution in [-0.2, 0) is 0 Å². The SMILES string of the molecule is CN1C2CCCC1CC(NC(=O)c1ccc(Br)cc1O)C2. The molecule has 3 rings (SSSR count). The molecule has 5 heteroatoms. The summed E-state index contributed by atoms with van der Waals surface area (Å²) in [4.78, 5) is 14.8. The molecule has 0 aliphatic carbocycles. The maximum atomic E-state index is 12.3. The Morgan fingerprint density at radius 2 is 2.00 bits per heavy atom. The van der Waals surface area contributed by atoms with Gasteiger partial charge in [0.25, 0.3) is 5.91 Å². The molecule has 2 saturated heterocycles. The zero-order chi connectivity index (χ0) is 15.0. The van der Waals surface area contributed by atoms with E-state index in [1.165, 1.54) is 19.3 Å². The minimum Gasteiger partial charge on any atom is -0.507 e. The monoisotopic (exact) mass is 352 g/mol. The van der Waals surface area contributed by atoms with Crippen molar-refractivity contribution in [1.29, 1.82) is 0 Å². The van der Waals surface area contributed by atoms with Gasteiger partial charge in [-0.2, -0.15) is 0 Å². The van der Waals surface area contributed by atoms with Crippen LogP contribution in [0.2, 0.25) is 0 Å². The summed E-state index contributed by atoms with van der Waals surface area (Å²) in [5.41, 5.74) is 0.349. The summed E-state index contributed by atoms with van der Waals surface area (Å²) in [5, 5.41) is 13.0. The second-order valence-electron chi connectivity index (χ2n) is 6.21. The standard InChI is InChI=1S/C16H21BrN2O2/c1-19-12-3-2-4-13(19)9-11(8-12)18-16(21)14-6-5-10(17)7-15(14)20/h5-7,11-13,20H,2-4,8-9H2,1H3,(H,18,21). The van der Waals surface area contributed by atoms with Crippen LogP contribution in [0.1, 0.15) is 42.5 Å². The fraction of sp³-hybridized carbons (Fsp3) is 0.562. The highest BCUT2D eigenvalue weighted by Crippen LogP contribution is 2.33. The summed E-state index contributed by atoms with van der Waals surface area (Å²) in [5.74, 6) is -0.150. The van der Waals surface area contributed by atoms with Gasteiger partial charge in [-0.25, -0.2) is 0 Å². The van der Waals surface area contributed by atoms with E-state index in [9.17, 15) is 9.90 Å². The molecule has 2 N–H and O–H groups in total. The van der Waals surface area contributed by atoms with Crippen LogP contribution in [0.3, 0.4) is 0 Å². The van der Waals surface area contributed by atoms with Gasteiger partial charge in [-0.15, -0.1) is 0 Å². The van der Waals surface area contributed by atoms with E-state index in [1.54, 1.807) is 18.2 Å². The molecule has 1 aromatic rings. The van der Waals surface area contributed by atoms with E-state index in [2.05, 4.69) is 33.2 Å². The van der Waals surface area contributed by atoms with Crippen LogP contribution in [0.15, 0.2) is 22.7 Å². The molecule has 0 spiro atoms. The lowest BCUT2D eigenvalue weighted by atomic mass is 9.82. The Bertz CT molecular complexity index is 535. The van der Waals surface area contributed by atoms with E-state index in [1.807, 2.05) is 0 Å². The molecule has 2 atom stereocenters. The van der Waals surface area contributed by atoms with Gasteiger partial charge in [0.1, 0.15) is 5.75 Å². The largest absolute Gasteiger partial charge is 0.507 e. The van der Waals surface area contributed by atoms with Crippen LogP contribution in [0.25, 0.3) is 0 Å². The van der Waals surface area contributed by atoms with Gasteiger partial charge < -0.3 is 15.3 Å². The maximum absolute atomic E-state index is 12.3. The minimum absolute atomic E-state index is 0.0231. The number of phenols is 1. The summed E-state index contributed by atoms with van der Waals surface area (Å²) in [6.07, 6.45) is 5.77. The number of nitrogens with one attached hydrogen (secondary N) is 1. The van der Waals surface area contributed by atoms with Gasteiger partial charge in [0.05, 0.1) is 5.56 Å². The van der Waals surface area contributed by atoms with Crippen LogP contribution in [-0.4, -0.2) is 41.1 Å². The van der Waals surface area contributed by atoms with Gasteiger partial charge in [0.15, 0.2) is 0 Å². The highest BCUT2D eigenvalue weighted by atomic mass is 79.9. The smallest absolute Gasteiger partial charge is 0.255 e. The first kappa shape index (κ1) is 14.9. The number of benzene rings is 1. The van der Waals surface area contributed by atoms with Crippen molar-refractivity contribution in [3.05, 3.63) is 28.2 Å². The predicted octanol–water partition coefficient (Wildman–Crippen LogP) is 2.90. The lowest BCUT2D eigenvalue weighted by molar-refractivity contribution is 0.0462. The van der Waals surface area contributed by atoms with Crippen molar-refractivity contribution in [2.45, 2.75) is 50.2 Å². The number of carbonyl (C=O) groups excluding carboxylic acids is 1. The van der Waals surface area contributed by atoms with Crippen molar-refractivity contribution >= 4 is 21.8 Å². The van der Waals surface area contributed by atoms with Crippen molar-refractivity contribution in [3.63, 3.8) is 0 Å². The molecule has 2 bridgehead atoms. The van der Waals surface area contributed by atoms with Crippen molar-refractivity contribution in [3.8, 4) is 5.75 Å². The fourth-order valence-corrected chi connectivity index (χ4v) is 4.04. The lowest BCUT2D eigenvalue weighted by Gasteiger charge is -2.47. The summed E-state index contributed by atoms with van der Waals surface area (Å²) in [6, 6.07) is 6.37. The molecule has 0 aromatic heterocycles. The number of fused-ring (bicyclic) bond motifs is 2. The number of piperidine rings is 2. The number of phenolic OH excluding ortho intramolecular Hbond substituents is 1. The molecule has 2 aliphatic rings. The number of nitrogens with zero attached hydrogens (tertiary/aromatic N) is 1. The maximum Gasteiger partial charge on any atom is 0.255 e. The van der Waals surface area contributed by atoms with Crippen LogP contribution >= 0.6 is 15.9 Å². The molecular formula is C16H21BrN2O2. The number of amides is 1. The average molecular weight is 353 g/mol. The highest BCUT2D eigenvalue weighted by molar-refractivity contribution is 9.10. The normalized spacial score (nSPS) is 29.1. The Kier molecular flexibility index (Phi) is 4.22. The van der Waals surface area contributed by atoms with Crippen molar-refractivity contribution < 1.29 is 9.90 Å². The quantitative estimate of drug-likeness (QED) is 0.860. The van der Waals surface area contributed by atoms with E-state index in [0.29, 0.717) is 17.6 Å². The number of rotatable bonds is 2. The van der Waals surface area contributed by atoms with Gasteiger partial charge >= 0.3 is 0 Å². The second kappa shape index (κ2) is 5.97. The Balaban J connectivity index is 1.68. The predicted molar refractivity (Wildman–Crippen MR) is 85.5 cm³/mol. The molecule has 1 aromatic carbocycles. The number of halogens is 1. The summed E-state index contributed by atoms with van der Waals surface area (Å²) < 4.78 is 0.769. The van der Waals surface area contributed by atoms with Gasteiger partial charge in [-0.05, 0) is 50.9 Å². The Hall–Kier alpha value is -1.07. The van der Waals surface area contributed by atoms with Crippen molar-refractivity contribution in [1.82, 2.24) is 10.2 Å². The average Bonchev–Trinajstić information content (AvgIpc) is 2.39. The molecule has 1 amide bonds. The molecule has 114 valence electrons. The zero-order valence-electron chi connectivity index (χ0n) is 12.2. The van der Waals surface area contributed by atoms with Gasteiger partial charge in [-0.1, -0.05) is 22.4 Å². The first-order valence-electron chi connectivity index (χ1n) is 7.56. The Morgan fingerprint density at radius 3 is 2.62 bits per heavy atom. The van der Waals surface area contributed by atoms with E-state index in [0.717, 1.165) is 17.3 Å². The molecule has 0 saturated carbocycles. The number of carbonyl (C=O) groups is 1.